The Morgan fingerprint density at radius 2 is 2.00 bits per heavy atom. The third-order valence-corrected chi connectivity index (χ3v) is 3.40. The molecule has 0 radical (unpaired) electrons. The minimum Gasteiger partial charge on any atom is -0.406 e. The second-order valence-electron chi connectivity index (χ2n) is 3.83. The fourth-order valence-corrected chi connectivity index (χ4v) is 2.70. The molecule has 2 heterocycles. The van der Waals surface area contributed by atoms with Crippen molar-refractivity contribution in [3.8, 4) is 5.75 Å². The van der Waals surface area contributed by atoms with Crippen LogP contribution in [0.5, 0.6) is 5.75 Å². The number of ether oxygens (including phenoxy) is 2. The number of benzene rings is 1. The van der Waals surface area contributed by atoms with E-state index in [4.69, 9.17) is 4.74 Å². The Morgan fingerprint density at radius 3 is 2.71 bits per heavy atom. The molecule has 2 nitrogen and oxygen atoms in total. The van der Waals surface area contributed by atoms with Crippen LogP contribution in [0.1, 0.15) is 23.3 Å². The largest absolute Gasteiger partial charge is 0.573 e. The highest BCUT2D eigenvalue weighted by Crippen LogP contribution is 2.52. The first-order chi connectivity index (χ1) is 7.94. The van der Waals surface area contributed by atoms with Crippen LogP contribution in [-0.4, -0.2) is 6.36 Å². The molecule has 2 atom stereocenters. The Labute approximate surface area is 103 Å². The van der Waals surface area contributed by atoms with Gasteiger partial charge in [0.25, 0.3) is 0 Å². The summed E-state index contributed by atoms with van der Waals surface area (Å²) in [6.07, 6.45) is -3.23. The van der Waals surface area contributed by atoms with Crippen LogP contribution < -0.4 is 4.74 Å². The molecule has 0 aliphatic carbocycles. The van der Waals surface area contributed by atoms with Crippen LogP contribution in [0, 0.1) is 0 Å². The van der Waals surface area contributed by atoms with Crippen LogP contribution in [0.3, 0.4) is 0 Å². The van der Waals surface area contributed by atoms with E-state index in [0.29, 0.717) is 0 Å². The van der Waals surface area contributed by atoms with Crippen molar-refractivity contribution in [2.24, 2.45) is 0 Å². The Balaban J connectivity index is 1.95. The summed E-state index contributed by atoms with van der Waals surface area (Å²) in [4.78, 5) is 0. The third kappa shape index (κ3) is 1.85. The lowest BCUT2D eigenvalue weighted by Gasteiger charge is -2.13. The van der Waals surface area contributed by atoms with Crippen molar-refractivity contribution in [2.75, 3.05) is 0 Å². The molecule has 0 aromatic heterocycles. The molecule has 6 heteroatoms. The molecule has 0 fully saturated rings. The highest BCUT2D eigenvalue weighted by atomic mass is 79.9. The van der Waals surface area contributed by atoms with Crippen LogP contribution in [0.15, 0.2) is 28.8 Å². The van der Waals surface area contributed by atoms with Crippen LogP contribution in [-0.2, 0) is 4.74 Å². The maximum atomic E-state index is 12.1. The van der Waals surface area contributed by atoms with Crippen molar-refractivity contribution in [3.05, 3.63) is 39.9 Å². The monoisotopic (exact) mass is 306 g/mol. The van der Waals surface area contributed by atoms with E-state index in [9.17, 15) is 13.2 Å². The van der Waals surface area contributed by atoms with Gasteiger partial charge in [-0.05, 0) is 29.3 Å². The SMILES string of the molecule is FC(F)(F)Oc1ccc2c(c1)[C@@H]1O[C@H]2C=C1Br. The Bertz CT molecular complexity index is 510. The topological polar surface area (TPSA) is 18.5 Å². The fraction of sp³-hybridized carbons (Fsp3) is 0.273. The van der Waals surface area contributed by atoms with Crippen molar-refractivity contribution in [1.82, 2.24) is 0 Å². The maximum Gasteiger partial charge on any atom is 0.573 e. The van der Waals surface area contributed by atoms with Gasteiger partial charge in [0.2, 0.25) is 0 Å². The smallest absolute Gasteiger partial charge is 0.406 e. The first-order valence-corrected chi connectivity index (χ1v) is 5.65. The van der Waals surface area contributed by atoms with Crippen molar-refractivity contribution < 1.29 is 22.6 Å². The average molecular weight is 307 g/mol. The van der Waals surface area contributed by atoms with Gasteiger partial charge in [-0.25, -0.2) is 0 Å². The number of hydrogen-bond acceptors (Lipinski definition) is 2. The van der Waals surface area contributed by atoms with Gasteiger partial charge in [0.15, 0.2) is 0 Å². The molecule has 0 unspecified atom stereocenters. The average Bonchev–Trinajstić information content (AvgIpc) is 2.72. The van der Waals surface area contributed by atoms with Crippen molar-refractivity contribution in [3.63, 3.8) is 0 Å². The third-order valence-electron chi connectivity index (χ3n) is 2.72. The standard InChI is InChI=1S/C11H6BrF3O2/c12-8-4-9-6-2-1-5(17-11(13,14)15)3-7(6)10(8)16-9/h1-4,9-10H/t9-,10-/m0/s1. The molecule has 3 rings (SSSR count). The lowest BCUT2D eigenvalue weighted by molar-refractivity contribution is -0.274. The number of halogens is 4. The van der Waals surface area contributed by atoms with E-state index in [0.717, 1.165) is 15.6 Å². The molecule has 17 heavy (non-hydrogen) atoms. The molecular weight excluding hydrogens is 301 g/mol. The van der Waals surface area contributed by atoms with Gasteiger partial charge in [0.1, 0.15) is 18.0 Å². The molecule has 2 bridgehead atoms. The molecular formula is C11H6BrF3O2. The minimum absolute atomic E-state index is 0.163. The molecule has 0 saturated heterocycles. The first kappa shape index (κ1) is 11.1. The normalized spacial score (nSPS) is 25.8. The van der Waals surface area contributed by atoms with Gasteiger partial charge >= 0.3 is 6.36 Å². The predicted molar refractivity (Wildman–Crippen MR) is 56.7 cm³/mol. The quantitative estimate of drug-likeness (QED) is 0.781. The zero-order valence-electron chi connectivity index (χ0n) is 8.29. The number of alkyl halides is 3. The summed E-state index contributed by atoms with van der Waals surface area (Å²) < 4.78 is 46.5. The van der Waals surface area contributed by atoms with E-state index in [1.807, 2.05) is 6.08 Å². The lowest BCUT2D eigenvalue weighted by atomic mass is 9.97. The Hall–Kier alpha value is -1.01. The summed E-state index contributed by atoms with van der Waals surface area (Å²) in [5.41, 5.74) is 1.62. The number of rotatable bonds is 1. The zero-order chi connectivity index (χ0) is 12.2. The molecule has 0 amide bonds. The van der Waals surface area contributed by atoms with E-state index < -0.39 is 6.36 Å². The molecule has 1 aromatic carbocycles. The lowest BCUT2D eigenvalue weighted by Crippen LogP contribution is -2.17. The van der Waals surface area contributed by atoms with E-state index in [-0.39, 0.29) is 18.0 Å². The highest BCUT2D eigenvalue weighted by molar-refractivity contribution is 9.11. The van der Waals surface area contributed by atoms with Gasteiger partial charge in [-0.2, -0.15) is 0 Å². The number of fused-ring (bicyclic) bond motifs is 5. The van der Waals surface area contributed by atoms with Gasteiger partial charge in [-0.15, -0.1) is 13.2 Å². The molecule has 0 spiro atoms. The number of hydrogen-bond donors (Lipinski definition) is 0. The summed E-state index contributed by atoms with van der Waals surface area (Å²) in [6, 6.07) is 4.29. The summed E-state index contributed by atoms with van der Waals surface area (Å²) in [7, 11) is 0. The molecule has 2 aliphatic rings. The van der Waals surface area contributed by atoms with Crippen molar-refractivity contribution >= 4 is 15.9 Å². The molecule has 0 N–H and O–H groups in total. The first-order valence-electron chi connectivity index (χ1n) is 4.86. The Kier molecular flexibility index (Phi) is 2.28. The molecule has 1 aromatic rings. The second-order valence-corrected chi connectivity index (χ2v) is 4.74. The van der Waals surface area contributed by atoms with Crippen molar-refractivity contribution in [1.29, 1.82) is 0 Å². The Morgan fingerprint density at radius 1 is 1.24 bits per heavy atom. The van der Waals surface area contributed by atoms with Crippen LogP contribution >= 0.6 is 15.9 Å². The van der Waals surface area contributed by atoms with E-state index >= 15 is 0 Å². The summed E-state index contributed by atoms with van der Waals surface area (Å²) in [5.74, 6) is -0.215. The summed E-state index contributed by atoms with van der Waals surface area (Å²) >= 11 is 3.32. The highest BCUT2D eigenvalue weighted by Gasteiger charge is 2.39. The van der Waals surface area contributed by atoms with Crippen LogP contribution in [0.2, 0.25) is 0 Å². The van der Waals surface area contributed by atoms with Gasteiger partial charge in [0.05, 0.1) is 0 Å². The molecule has 90 valence electrons. The fourth-order valence-electron chi connectivity index (χ4n) is 2.10. The zero-order valence-corrected chi connectivity index (χ0v) is 9.88. The van der Waals surface area contributed by atoms with E-state index in [2.05, 4.69) is 20.7 Å². The van der Waals surface area contributed by atoms with E-state index in [1.165, 1.54) is 12.1 Å². The minimum atomic E-state index is -4.67. The summed E-state index contributed by atoms with van der Waals surface area (Å²) in [6.45, 7) is 0. The van der Waals surface area contributed by atoms with Gasteiger partial charge in [0, 0.05) is 4.48 Å². The second kappa shape index (κ2) is 3.49. The van der Waals surface area contributed by atoms with Gasteiger partial charge in [-0.3, -0.25) is 0 Å². The van der Waals surface area contributed by atoms with Crippen LogP contribution in [0.25, 0.3) is 0 Å². The molecule has 2 aliphatic heterocycles. The van der Waals surface area contributed by atoms with Gasteiger partial charge < -0.3 is 9.47 Å². The van der Waals surface area contributed by atoms with Gasteiger partial charge in [-0.1, -0.05) is 22.0 Å². The van der Waals surface area contributed by atoms with Crippen molar-refractivity contribution in [2.45, 2.75) is 18.6 Å². The van der Waals surface area contributed by atoms with Crippen LogP contribution in [0.4, 0.5) is 13.2 Å². The predicted octanol–water partition coefficient (Wildman–Crippen LogP) is 3.99. The maximum absolute atomic E-state index is 12.1. The van der Waals surface area contributed by atoms with E-state index in [1.54, 1.807) is 6.07 Å². The summed E-state index contributed by atoms with van der Waals surface area (Å²) in [5, 5.41) is 0. The molecule has 0 saturated carbocycles.